The molecule has 0 aliphatic carbocycles. The van der Waals surface area contributed by atoms with Crippen molar-refractivity contribution < 1.29 is 0 Å². The third-order valence-electron chi connectivity index (χ3n) is 4.64. The molecule has 124 valence electrons. The lowest BCUT2D eigenvalue weighted by atomic mass is 9.95. The number of aromatic nitrogens is 3. The summed E-state index contributed by atoms with van der Waals surface area (Å²) in [5.74, 6) is 0.703. The molecule has 1 aliphatic heterocycles. The molecule has 2 aromatic heterocycles. The predicted octanol–water partition coefficient (Wildman–Crippen LogP) is 3.60. The van der Waals surface area contributed by atoms with Crippen molar-refractivity contribution in [1.29, 1.82) is 0 Å². The van der Waals surface area contributed by atoms with Crippen LogP contribution >= 0.6 is 11.3 Å². The van der Waals surface area contributed by atoms with Gasteiger partial charge < -0.3 is 5.32 Å². The Morgan fingerprint density at radius 2 is 2.08 bits per heavy atom. The van der Waals surface area contributed by atoms with Crippen molar-refractivity contribution in [3.8, 4) is 11.1 Å². The highest BCUT2D eigenvalue weighted by atomic mass is 32.1. The Balaban J connectivity index is 1.38. The van der Waals surface area contributed by atoms with Crippen LogP contribution in [-0.4, -0.2) is 28.1 Å². The molecular formula is C19H22N4S. The second-order valence-corrected chi connectivity index (χ2v) is 7.31. The molecule has 24 heavy (non-hydrogen) atoms. The lowest BCUT2D eigenvalue weighted by Crippen LogP contribution is -2.30. The van der Waals surface area contributed by atoms with Crippen molar-refractivity contribution in [2.24, 2.45) is 5.92 Å². The average Bonchev–Trinajstić information content (AvgIpc) is 3.29. The highest BCUT2D eigenvalue weighted by molar-refractivity contribution is 7.08. The largest absolute Gasteiger partial charge is 0.316 e. The van der Waals surface area contributed by atoms with Gasteiger partial charge >= 0.3 is 0 Å². The van der Waals surface area contributed by atoms with Crippen LogP contribution < -0.4 is 5.32 Å². The Morgan fingerprint density at radius 1 is 1.17 bits per heavy atom. The third-order valence-corrected chi connectivity index (χ3v) is 5.32. The fourth-order valence-electron chi connectivity index (χ4n) is 3.32. The SMILES string of the molecule is c1cc(-c2ccc(Cn3cc(CC4CCCNC4)nn3)cc2)cs1. The smallest absolute Gasteiger partial charge is 0.0830 e. The lowest BCUT2D eigenvalue weighted by Gasteiger charge is -2.21. The zero-order valence-electron chi connectivity index (χ0n) is 13.7. The standard InChI is InChI=1S/C19H22N4S/c1-2-16(11-20-8-1)10-19-13-23(22-21-19)12-15-3-5-17(6-4-15)18-7-9-24-14-18/h3-7,9,13-14,16,20H,1-2,8,10-12H2. The molecule has 0 spiro atoms. The van der Waals surface area contributed by atoms with Crippen molar-refractivity contribution in [2.75, 3.05) is 13.1 Å². The summed E-state index contributed by atoms with van der Waals surface area (Å²) in [5, 5.41) is 16.4. The maximum Gasteiger partial charge on any atom is 0.0830 e. The molecule has 1 aliphatic rings. The van der Waals surface area contributed by atoms with Crippen LogP contribution in [0.2, 0.25) is 0 Å². The second-order valence-electron chi connectivity index (χ2n) is 6.53. The van der Waals surface area contributed by atoms with Crippen molar-refractivity contribution >= 4 is 11.3 Å². The summed E-state index contributed by atoms with van der Waals surface area (Å²) in [6, 6.07) is 10.9. The van der Waals surface area contributed by atoms with E-state index in [-0.39, 0.29) is 0 Å². The zero-order valence-corrected chi connectivity index (χ0v) is 14.5. The van der Waals surface area contributed by atoms with E-state index in [0.29, 0.717) is 5.92 Å². The molecule has 1 unspecified atom stereocenters. The molecule has 4 nitrogen and oxygen atoms in total. The van der Waals surface area contributed by atoms with Gasteiger partial charge in [-0.15, -0.1) is 5.10 Å². The summed E-state index contributed by atoms with van der Waals surface area (Å²) in [6.07, 6.45) is 5.70. The fourth-order valence-corrected chi connectivity index (χ4v) is 3.99. The Hall–Kier alpha value is -1.98. The minimum atomic E-state index is 0.703. The van der Waals surface area contributed by atoms with E-state index in [1.54, 1.807) is 11.3 Å². The number of nitrogens with zero attached hydrogens (tertiary/aromatic N) is 3. The minimum Gasteiger partial charge on any atom is -0.316 e. The van der Waals surface area contributed by atoms with Crippen LogP contribution in [0.25, 0.3) is 11.1 Å². The number of benzene rings is 1. The fraction of sp³-hybridized carbons (Fsp3) is 0.368. The first kappa shape index (κ1) is 15.5. The number of hydrogen-bond donors (Lipinski definition) is 1. The summed E-state index contributed by atoms with van der Waals surface area (Å²) in [6.45, 7) is 3.04. The van der Waals surface area contributed by atoms with E-state index in [4.69, 9.17) is 0 Å². The van der Waals surface area contributed by atoms with E-state index < -0.39 is 0 Å². The normalized spacial score (nSPS) is 17.9. The molecule has 1 N–H and O–H groups in total. The molecule has 1 atom stereocenters. The highest BCUT2D eigenvalue weighted by Gasteiger charge is 2.15. The Morgan fingerprint density at radius 3 is 2.83 bits per heavy atom. The molecule has 0 bridgehead atoms. The topological polar surface area (TPSA) is 42.7 Å². The van der Waals surface area contributed by atoms with Crippen LogP contribution in [0.5, 0.6) is 0 Å². The van der Waals surface area contributed by atoms with E-state index in [1.165, 1.54) is 29.5 Å². The first-order chi connectivity index (χ1) is 11.9. The van der Waals surface area contributed by atoms with Gasteiger partial charge in [0.1, 0.15) is 0 Å². The van der Waals surface area contributed by atoms with Gasteiger partial charge in [0.2, 0.25) is 0 Å². The van der Waals surface area contributed by atoms with Crippen LogP contribution in [0.1, 0.15) is 24.1 Å². The monoisotopic (exact) mass is 338 g/mol. The Labute approximate surface area is 146 Å². The lowest BCUT2D eigenvalue weighted by molar-refractivity contribution is 0.373. The molecule has 0 amide bonds. The molecule has 1 fully saturated rings. The number of piperidine rings is 1. The van der Waals surface area contributed by atoms with Crippen molar-refractivity contribution in [1.82, 2.24) is 20.3 Å². The van der Waals surface area contributed by atoms with Crippen LogP contribution in [0.4, 0.5) is 0 Å². The second kappa shape index (κ2) is 7.28. The summed E-state index contributed by atoms with van der Waals surface area (Å²) in [7, 11) is 0. The van der Waals surface area contributed by atoms with Crippen LogP contribution in [-0.2, 0) is 13.0 Å². The van der Waals surface area contributed by atoms with Gasteiger partial charge in [0.25, 0.3) is 0 Å². The maximum absolute atomic E-state index is 4.35. The molecule has 3 heterocycles. The first-order valence-corrected chi connectivity index (χ1v) is 9.52. The number of thiophene rings is 1. The molecule has 1 saturated heterocycles. The van der Waals surface area contributed by atoms with Crippen LogP contribution in [0.3, 0.4) is 0 Å². The maximum atomic E-state index is 4.35. The van der Waals surface area contributed by atoms with Gasteiger partial charge in [0.15, 0.2) is 0 Å². The van der Waals surface area contributed by atoms with Crippen molar-refractivity contribution in [2.45, 2.75) is 25.8 Å². The Bertz CT molecular complexity index is 755. The third kappa shape index (κ3) is 3.74. The first-order valence-electron chi connectivity index (χ1n) is 8.58. The predicted molar refractivity (Wildman–Crippen MR) is 98.2 cm³/mol. The number of hydrogen-bond acceptors (Lipinski definition) is 4. The van der Waals surface area contributed by atoms with Gasteiger partial charge in [0, 0.05) is 6.20 Å². The molecule has 3 aromatic rings. The summed E-state index contributed by atoms with van der Waals surface area (Å²) < 4.78 is 1.95. The van der Waals surface area contributed by atoms with E-state index in [2.05, 4.69) is 62.9 Å². The van der Waals surface area contributed by atoms with E-state index >= 15 is 0 Å². The molecule has 0 radical (unpaired) electrons. The van der Waals surface area contributed by atoms with Gasteiger partial charge in [-0.3, -0.25) is 0 Å². The highest BCUT2D eigenvalue weighted by Crippen LogP contribution is 2.22. The zero-order chi connectivity index (χ0) is 16.2. The summed E-state index contributed by atoms with van der Waals surface area (Å²) >= 11 is 1.73. The number of rotatable bonds is 5. The van der Waals surface area contributed by atoms with Gasteiger partial charge in [-0.1, -0.05) is 29.5 Å². The van der Waals surface area contributed by atoms with Crippen molar-refractivity contribution in [3.05, 3.63) is 58.5 Å². The molecule has 0 saturated carbocycles. The van der Waals surface area contributed by atoms with Gasteiger partial charge in [0.05, 0.1) is 12.2 Å². The average molecular weight is 338 g/mol. The molecule has 1 aromatic carbocycles. The van der Waals surface area contributed by atoms with Gasteiger partial charge in [-0.2, -0.15) is 11.3 Å². The summed E-state index contributed by atoms with van der Waals surface area (Å²) in [4.78, 5) is 0. The Kier molecular flexibility index (Phi) is 4.71. The van der Waals surface area contributed by atoms with Crippen molar-refractivity contribution in [3.63, 3.8) is 0 Å². The van der Waals surface area contributed by atoms with E-state index in [0.717, 1.165) is 31.7 Å². The molecule has 5 heteroatoms. The van der Waals surface area contributed by atoms with E-state index in [1.807, 2.05) is 4.68 Å². The summed E-state index contributed by atoms with van der Waals surface area (Å²) in [5.41, 5.74) is 4.92. The number of nitrogens with one attached hydrogen (secondary N) is 1. The molecule has 4 rings (SSSR count). The van der Waals surface area contributed by atoms with Crippen LogP contribution in [0.15, 0.2) is 47.3 Å². The van der Waals surface area contributed by atoms with Gasteiger partial charge in [-0.05, 0) is 71.8 Å². The molecular weight excluding hydrogens is 316 g/mol. The van der Waals surface area contributed by atoms with E-state index in [9.17, 15) is 0 Å². The van der Waals surface area contributed by atoms with Crippen LogP contribution in [0, 0.1) is 5.92 Å². The quantitative estimate of drug-likeness (QED) is 0.773. The minimum absolute atomic E-state index is 0.703. The van der Waals surface area contributed by atoms with Gasteiger partial charge in [-0.25, -0.2) is 4.68 Å².